The molecular formula is C16H12BrNO3. The molecule has 0 unspecified atom stereocenters. The highest BCUT2D eigenvalue weighted by Gasteiger charge is 2.30. The van der Waals surface area contributed by atoms with Crippen molar-refractivity contribution in [3.63, 3.8) is 0 Å². The van der Waals surface area contributed by atoms with Crippen molar-refractivity contribution in [3.05, 3.63) is 53.0 Å². The maximum Gasteiger partial charge on any atom is 0.234 e. The van der Waals surface area contributed by atoms with Crippen LogP contribution in [-0.4, -0.2) is 11.8 Å². The fourth-order valence-corrected chi connectivity index (χ4v) is 2.43. The first-order valence-electron chi connectivity index (χ1n) is 6.53. The molecule has 2 amide bonds. The standard InChI is InChI=1S/C16H12BrNO3/c17-11-1-5-13(6-2-11)21-14-7-3-12(4-8-14)18-15(19)9-10-16(18)20/h1-8H,9-10H2. The molecule has 2 aromatic carbocycles. The molecule has 0 bridgehead atoms. The SMILES string of the molecule is O=C1CCC(=O)N1c1ccc(Oc2ccc(Br)cc2)cc1. The van der Waals surface area contributed by atoms with Crippen LogP contribution in [0.15, 0.2) is 53.0 Å². The summed E-state index contributed by atoms with van der Waals surface area (Å²) in [6.07, 6.45) is 0.575. The summed E-state index contributed by atoms with van der Waals surface area (Å²) in [5, 5.41) is 0. The quantitative estimate of drug-likeness (QED) is 0.792. The lowest BCUT2D eigenvalue weighted by molar-refractivity contribution is -0.121. The Morgan fingerprint density at radius 3 is 1.81 bits per heavy atom. The fourth-order valence-electron chi connectivity index (χ4n) is 2.17. The largest absolute Gasteiger partial charge is 0.457 e. The number of carbonyl (C=O) groups is 2. The van der Waals surface area contributed by atoms with Gasteiger partial charge in [-0.15, -0.1) is 0 Å². The van der Waals surface area contributed by atoms with E-state index >= 15 is 0 Å². The number of carbonyl (C=O) groups excluding carboxylic acids is 2. The van der Waals surface area contributed by atoms with E-state index < -0.39 is 0 Å². The fraction of sp³-hybridized carbons (Fsp3) is 0.125. The second-order valence-corrected chi connectivity index (χ2v) is 5.59. The van der Waals surface area contributed by atoms with E-state index in [0.717, 1.165) is 10.2 Å². The summed E-state index contributed by atoms with van der Waals surface area (Å²) in [5.74, 6) is 1.07. The van der Waals surface area contributed by atoms with Gasteiger partial charge in [0.2, 0.25) is 11.8 Å². The molecule has 3 rings (SSSR count). The van der Waals surface area contributed by atoms with Crippen LogP contribution in [0.4, 0.5) is 5.69 Å². The van der Waals surface area contributed by atoms with Crippen molar-refractivity contribution in [2.75, 3.05) is 4.90 Å². The molecule has 21 heavy (non-hydrogen) atoms. The Hall–Kier alpha value is -2.14. The molecule has 0 aromatic heterocycles. The van der Waals surface area contributed by atoms with Crippen LogP contribution >= 0.6 is 15.9 Å². The summed E-state index contributed by atoms with van der Waals surface area (Å²) < 4.78 is 6.68. The van der Waals surface area contributed by atoms with E-state index in [4.69, 9.17) is 4.74 Å². The third-order valence-corrected chi connectivity index (χ3v) is 3.72. The lowest BCUT2D eigenvalue weighted by Gasteiger charge is -2.14. The van der Waals surface area contributed by atoms with Gasteiger partial charge in [0.05, 0.1) is 5.69 Å². The number of rotatable bonds is 3. The van der Waals surface area contributed by atoms with E-state index in [2.05, 4.69) is 15.9 Å². The van der Waals surface area contributed by atoms with Crippen molar-refractivity contribution in [2.24, 2.45) is 0 Å². The molecule has 1 fully saturated rings. The van der Waals surface area contributed by atoms with Gasteiger partial charge < -0.3 is 4.74 Å². The zero-order chi connectivity index (χ0) is 14.8. The van der Waals surface area contributed by atoms with E-state index in [-0.39, 0.29) is 24.7 Å². The molecule has 0 N–H and O–H groups in total. The van der Waals surface area contributed by atoms with Crippen LogP contribution in [0.2, 0.25) is 0 Å². The molecule has 5 heteroatoms. The number of hydrogen-bond donors (Lipinski definition) is 0. The van der Waals surface area contributed by atoms with Gasteiger partial charge in [-0.3, -0.25) is 14.5 Å². The number of amides is 2. The Morgan fingerprint density at radius 2 is 1.29 bits per heavy atom. The van der Waals surface area contributed by atoms with Crippen molar-refractivity contribution in [2.45, 2.75) is 12.8 Å². The normalized spacial score (nSPS) is 14.6. The third-order valence-electron chi connectivity index (χ3n) is 3.20. The number of ether oxygens (including phenoxy) is 1. The zero-order valence-corrected chi connectivity index (χ0v) is 12.7. The molecule has 1 heterocycles. The number of anilines is 1. The highest BCUT2D eigenvalue weighted by Crippen LogP contribution is 2.27. The molecule has 2 aromatic rings. The summed E-state index contributed by atoms with van der Waals surface area (Å²) in [6, 6.07) is 14.4. The second-order valence-electron chi connectivity index (χ2n) is 4.67. The maximum absolute atomic E-state index is 11.7. The van der Waals surface area contributed by atoms with Crippen molar-refractivity contribution in [1.82, 2.24) is 0 Å². The molecule has 1 aliphatic rings. The van der Waals surface area contributed by atoms with Crippen LogP contribution in [0.25, 0.3) is 0 Å². The predicted octanol–water partition coefficient (Wildman–Crippen LogP) is 3.89. The van der Waals surface area contributed by atoms with Crippen LogP contribution in [0.1, 0.15) is 12.8 Å². The lowest BCUT2D eigenvalue weighted by atomic mass is 10.2. The van der Waals surface area contributed by atoms with E-state index in [1.165, 1.54) is 4.90 Å². The van der Waals surface area contributed by atoms with Crippen LogP contribution < -0.4 is 9.64 Å². The zero-order valence-electron chi connectivity index (χ0n) is 11.1. The average molecular weight is 346 g/mol. The summed E-state index contributed by atoms with van der Waals surface area (Å²) in [6.45, 7) is 0. The van der Waals surface area contributed by atoms with Crippen LogP contribution in [0, 0.1) is 0 Å². The summed E-state index contributed by atoms with van der Waals surface area (Å²) in [4.78, 5) is 24.6. The molecule has 1 saturated heterocycles. The van der Waals surface area contributed by atoms with Gasteiger partial charge in [0.1, 0.15) is 11.5 Å². The first-order chi connectivity index (χ1) is 10.1. The molecule has 0 atom stereocenters. The monoisotopic (exact) mass is 345 g/mol. The topological polar surface area (TPSA) is 46.6 Å². The number of benzene rings is 2. The van der Waals surface area contributed by atoms with Gasteiger partial charge in [0.15, 0.2) is 0 Å². The highest BCUT2D eigenvalue weighted by molar-refractivity contribution is 9.10. The third kappa shape index (κ3) is 2.97. The van der Waals surface area contributed by atoms with Gasteiger partial charge in [-0.05, 0) is 48.5 Å². The molecule has 0 aliphatic carbocycles. The summed E-state index contributed by atoms with van der Waals surface area (Å²) >= 11 is 3.36. The molecule has 1 aliphatic heterocycles. The minimum absolute atomic E-state index is 0.151. The first kappa shape index (κ1) is 13.8. The molecule has 106 valence electrons. The number of hydrogen-bond acceptors (Lipinski definition) is 3. The van der Waals surface area contributed by atoms with Crippen molar-refractivity contribution < 1.29 is 14.3 Å². The Kier molecular flexibility index (Phi) is 3.75. The molecule has 4 nitrogen and oxygen atoms in total. The maximum atomic E-state index is 11.7. The van der Waals surface area contributed by atoms with Gasteiger partial charge >= 0.3 is 0 Å². The Balaban J connectivity index is 1.76. The highest BCUT2D eigenvalue weighted by atomic mass is 79.9. The van der Waals surface area contributed by atoms with Crippen molar-refractivity contribution >= 4 is 33.4 Å². The van der Waals surface area contributed by atoms with Gasteiger partial charge in [0, 0.05) is 17.3 Å². The van der Waals surface area contributed by atoms with E-state index in [9.17, 15) is 9.59 Å². The predicted molar refractivity (Wildman–Crippen MR) is 82.4 cm³/mol. The Morgan fingerprint density at radius 1 is 0.810 bits per heavy atom. The van der Waals surface area contributed by atoms with Gasteiger partial charge in [-0.1, -0.05) is 15.9 Å². The number of nitrogens with zero attached hydrogens (tertiary/aromatic N) is 1. The van der Waals surface area contributed by atoms with Crippen molar-refractivity contribution in [1.29, 1.82) is 0 Å². The van der Waals surface area contributed by atoms with E-state index in [1.54, 1.807) is 24.3 Å². The average Bonchev–Trinajstić information content (AvgIpc) is 2.82. The number of imide groups is 1. The Bertz CT molecular complexity index is 664. The van der Waals surface area contributed by atoms with Crippen LogP contribution in [0.5, 0.6) is 11.5 Å². The van der Waals surface area contributed by atoms with Crippen LogP contribution in [0.3, 0.4) is 0 Å². The van der Waals surface area contributed by atoms with Crippen LogP contribution in [-0.2, 0) is 9.59 Å². The molecule has 0 saturated carbocycles. The van der Waals surface area contributed by atoms with Gasteiger partial charge in [-0.2, -0.15) is 0 Å². The van der Waals surface area contributed by atoms with E-state index in [0.29, 0.717) is 11.4 Å². The first-order valence-corrected chi connectivity index (χ1v) is 7.32. The van der Waals surface area contributed by atoms with Gasteiger partial charge in [-0.25, -0.2) is 0 Å². The Labute approximate surface area is 130 Å². The molecule has 0 radical (unpaired) electrons. The minimum Gasteiger partial charge on any atom is -0.457 e. The summed E-state index contributed by atoms with van der Waals surface area (Å²) in [5.41, 5.74) is 0.589. The summed E-state index contributed by atoms with van der Waals surface area (Å²) in [7, 11) is 0. The number of halogens is 1. The lowest BCUT2D eigenvalue weighted by Crippen LogP contribution is -2.28. The van der Waals surface area contributed by atoms with E-state index in [1.807, 2.05) is 24.3 Å². The molecule has 0 spiro atoms. The minimum atomic E-state index is -0.151. The van der Waals surface area contributed by atoms with Crippen molar-refractivity contribution in [3.8, 4) is 11.5 Å². The molecular weight excluding hydrogens is 334 g/mol. The van der Waals surface area contributed by atoms with Gasteiger partial charge in [0.25, 0.3) is 0 Å². The second kappa shape index (κ2) is 5.69. The smallest absolute Gasteiger partial charge is 0.234 e.